The van der Waals surface area contributed by atoms with E-state index < -0.39 is 0 Å². The van der Waals surface area contributed by atoms with Crippen molar-refractivity contribution in [1.82, 2.24) is 5.32 Å². The number of benzene rings is 1. The zero-order chi connectivity index (χ0) is 17.5. The molecule has 25 heavy (non-hydrogen) atoms. The Morgan fingerprint density at radius 3 is 2.64 bits per heavy atom. The van der Waals surface area contributed by atoms with E-state index in [4.69, 9.17) is 4.74 Å². The van der Waals surface area contributed by atoms with Crippen molar-refractivity contribution < 1.29 is 9.53 Å². The summed E-state index contributed by atoms with van der Waals surface area (Å²) in [4.78, 5) is 12.5. The number of carbonyl (C=O) groups excluding carboxylic acids is 1. The fourth-order valence-electron chi connectivity index (χ4n) is 4.27. The zero-order valence-electron chi connectivity index (χ0n) is 15.2. The van der Waals surface area contributed by atoms with Gasteiger partial charge in [-0.3, -0.25) is 4.79 Å². The maximum Gasteiger partial charge on any atom is 0.254 e. The highest BCUT2D eigenvalue weighted by Crippen LogP contribution is 2.41. The molecule has 2 aliphatic carbocycles. The van der Waals surface area contributed by atoms with Crippen LogP contribution in [0.2, 0.25) is 0 Å². The van der Waals surface area contributed by atoms with Crippen molar-refractivity contribution in [2.45, 2.75) is 56.8 Å². The maximum atomic E-state index is 12.5. The first-order valence-electron chi connectivity index (χ1n) is 9.53. The molecule has 1 amide bonds. The molecular weight excluding hydrogens is 310 g/mol. The molecule has 1 aromatic rings. The lowest BCUT2D eigenvalue weighted by molar-refractivity contribution is -0.117. The largest absolute Gasteiger partial charge is 0.500 e. The molecule has 1 saturated carbocycles. The third-order valence-electron chi connectivity index (χ3n) is 5.70. The van der Waals surface area contributed by atoms with Gasteiger partial charge in [0, 0.05) is 13.0 Å². The van der Waals surface area contributed by atoms with Gasteiger partial charge in [-0.2, -0.15) is 0 Å². The quantitative estimate of drug-likeness (QED) is 0.819. The molecule has 0 unspecified atom stereocenters. The molecule has 2 aliphatic rings. The molecule has 1 fully saturated rings. The van der Waals surface area contributed by atoms with Crippen molar-refractivity contribution in [3.05, 3.63) is 59.4 Å². The van der Waals surface area contributed by atoms with Crippen molar-refractivity contribution in [3.63, 3.8) is 0 Å². The van der Waals surface area contributed by atoms with Gasteiger partial charge in [0.25, 0.3) is 5.91 Å². The van der Waals surface area contributed by atoms with Gasteiger partial charge in [0.1, 0.15) is 5.76 Å². The molecule has 0 bridgehead atoms. The van der Waals surface area contributed by atoms with Crippen LogP contribution in [0, 0.1) is 0 Å². The van der Waals surface area contributed by atoms with E-state index in [0.29, 0.717) is 12.1 Å². The van der Waals surface area contributed by atoms with Crippen LogP contribution < -0.4 is 5.32 Å². The number of rotatable bonds is 6. The Morgan fingerprint density at radius 2 is 1.92 bits per heavy atom. The lowest BCUT2D eigenvalue weighted by atomic mass is 9.67. The molecule has 0 aliphatic heterocycles. The molecule has 0 aromatic heterocycles. The van der Waals surface area contributed by atoms with Gasteiger partial charge in [0.2, 0.25) is 0 Å². The van der Waals surface area contributed by atoms with Gasteiger partial charge in [-0.25, -0.2) is 0 Å². The van der Waals surface area contributed by atoms with Crippen molar-refractivity contribution in [1.29, 1.82) is 0 Å². The summed E-state index contributed by atoms with van der Waals surface area (Å²) in [5.74, 6) is 0.794. The standard InChI is InChI=1S/C22H29NO2/c1-25-20-13-7-6-12-19(20)21(24)23-17-16-22(14-8-3-9-15-22)18-10-4-2-5-11-18/h2,4-6,10-12H,3,7-9,13-17H2,1H3,(H,23,24). The Labute approximate surface area is 151 Å². The van der Waals surface area contributed by atoms with Gasteiger partial charge in [0.15, 0.2) is 0 Å². The van der Waals surface area contributed by atoms with E-state index in [1.54, 1.807) is 7.11 Å². The van der Waals surface area contributed by atoms with Crippen LogP contribution in [0.3, 0.4) is 0 Å². The molecule has 3 heteroatoms. The van der Waals surface area contributed by atoms with E-state index in [1.807, 2.05) is 12.2 Å². The third kappa shape index (κ3) is 4.15. The predicted octanol–water partition coefficient (Wildman–Crippen LogP) is 4.65. The van der Waals surface area contributed by atoms with E-state index in [0.717, 1.165) is 25.0 Å². The first kappa shape index (κ1) is 17.8. The minimum Gasteiger partial charge on any atom is -0.500 e. The Morgan fingerprint density at radius 1 is 1.16 bits per heavy atom. The van der Waals surface area contributed by atoms with E-state index in [9.17, 15) is 4.79 Å². The molecule has 3 rings (SSSR count). The Kier molecular flexibility index (Phi) is 5.95. The number of nitrogens with one attached hydrogen (secondary N) is 1. The smallest absolute Gasteiger partial charge is 0.254 e. The van der Waals surface area contributed by atoms with Crippen LogP contribution in [0.5, 0.6) is 0 Å². The van der Waals surface area contributed by atoms with Gasteiger partial charge in [-0.1, -0.05) is 61.7 Å². The average Bonchev–Trinajstić information content (AvgIpc) is 2.69. The predicted molar refractivity (Wildman–Crippen MR) is 101 cm³/mol. The van der Waals surface area contributed by atoms with E-state index >= 15 is 0 Å². The highest BCUT2D eigenvalue weighted by Gasteiger charge is 2.33. The van der Waals surface area contributed by atoms with Gasteiger partial charge < -0.3 is 10.1 Å². The highest BCUT2D eigenvalue weighted by atomic mass is 16.5. The van der Waals surface area contributed by atoms with Gasteiger partial charge in [-0.05, 0) is 36.7 Å². The zero-order valence-corrected chi connectivity index (χ0v) is 15.2. The fraction of sp³-hybridized carbons (Fsp3) is 0.500. The van der Waals surface area contributed by atoms with Crippen LogP contribution in [0.1, 0.15) is 56.9 Å². The van der Waals surface area contributed by atoms with Crippen LogP contribution in [0.4, 0.5) is 0 Å². The van der Waals surface area contributed by atoms with Gasteiger partial charge in [0.05, 0.1) is 12.7 Å². The second-order valence-electron chi connectivity index (χ2n) is 7.19. The highest BCUT2D eigenvalue weighted by molar-refractivity contribution is 5.96. The summed E-state index contributed by atoms with van der Waals surface area (Å²) < 4.78 is 5.38. The van der Waals surface area contributed by atoms with Crippen molar-refractivity contribution in [2.24, 2.45) is 0 Å². The summed E-state index contributed by atoms with van der Waals surface area (Å²) in [5.41, 5.74) is 2.33. The average molecular weight is 339 g/mol. The Balaban J connectivity index is 1.65. The van der Waals surface area contributed by atoms with E-state index in [-0.39, 0.29) is 11.3 Å². The molecule has 1 N–H and O–H groups in total. The monoisotopic (exact) mass is 339 g/mol. The minimum atomic E-state index is -0.00757. The number of ether oxygens (including phenoxy) is 1. The lowest BCUT2D eigenvalue weighted by Crippen LogP contribution is -2.35. The minimum absolute atomic E-state index is 0.00757. The summed E-state index contributed by atoms with van der Waals surface area (Å²) in [6.07, 6.45) is 13.0. The second kappa shape index (κ2) is 8.37. The second-order valence-corrected chi connectivity index (χ2v) is 7.19. The molecule has 3 nitrogen and oxygen atoms in total. The molecule has 0 saturated heterocycles. The van der Waals surface area contributed by atoms with Crippen LogP contribution in [0.15, 0.2) is 53.8 Å². The van der Waals surface area contributed by atoms with Crippen molar-refractivity contribution in [3.8, 4) is 0 Å². The first-order valence-corrected chi connectivity index (χ1v) is 9.53. The number of allylic oxidation sites excluding steroid dienone is 2. The Hall–Kier alpha value is -2.03. The number of hydrogen-bond acceptors (Lipinski definition) is 2. The third-order valence-corrected chi connectivity index (χ3v) is 5.70. The van der Waals surface area contributed by atoms with E-state index in [2.05, 4.69) is 35.6 Å². The number of carbonyl (C=O) groups is 1. The summed E-state index contributed by atoms with van der Waals surface area (Å²) in [7, 11) is 1.65. The SMILES string of the molecule is COC1=C(C(=O)NCCC2(c3ccccc3)CCCCC2)C=CCC1. The molecule has 0 atom stereocenters. The molecule has 134 valence electrons. The Bertz CT molecular complexity index is 639. The molecular formula is C22H29NO2. The molecule has 0 spiro atoms. The van der Waals surface area contributed by atoms with E-state index in [1.165, 1.54) is 37.7 Å². The first-order chi connectivity index (χ1) is 12.2. The normalized spacial score (nSPS) is 19.6. The van der Waals surface area contributed by atoms with Crippen LogP contribution in [-0.4, -0.2) is 19.6 Å². The van der Waals surface area contributed by atoms with Crippen molar-refractivity contribution >= 4 is 5.91 Å². The molecule has 0 radical (unpaired) electrons. The van der Waals surface area contributed by atoms with Crippen LogP contribution in [-0.2, 0) is 14.9 Å². The maximum absolute atomic E-state index is 12.5. The fourth-order valence-corrected chi connectivity index (χ4v) is 4.27. The summed E-state index contributed by atoms with van der Waals surface area (Å²) in [5, 5.41) is 3.13. The number of methoxy groups -OCH3 is 1. The number of amides is 1. The number of hydrogen-bond donors (Lipinski definition) is 1. The van der Waals surface area contributed by atoms with Gasteiger partial charge >= 0.3 is 0 Å². The molecule has 1 aromatic carbocycles. The summed E-state index contributed by atoms with van der Waals surface area (Å²) in [6, 6.07) is 10.8. The van der Waals surface area contributed by atoms with Crippen molar-refractivity contribution in [2.75, 3.05) is 13.7 Å². The van der Waals surface area contributed by atoms with Crippen LogP contribution >= 0.6 is 0 Å². The topological polar surface area (TPSA) is 38.3 Å². The summed E-state index contributed by atoms with van der Waals surface area (Å²) in [6.45, 7) is 0.710. The van der Waals surface area contributed by atoms with Gasteiger partial charge in [-0.15, -0.1) is 0 Å². The molecule has 0 heterocycles. The van der Waals surface area contributed by atoms with Crippen LogP contribution in [0.25, 0.3) is 0 Å². The summed E-state index contributed by atoms with van der Waals surface area (Å²) >= 11 is 0. The lowest BCUT2D eigenvalue weighted by Gasteiger charge is -2.38.